The van der Waals surface area contributed by atoms with Gasteiger partial charge in [-0.3, -0.25) is 9.59 Å². The van der Waals surface area contributed by atoms with Gasteiger partial charge in [0.1, 0.15) is 6.04 Å². The molecule has 1 atom stereocenters. The van der Waals surface area contributed by atoms with E-state index in [2.05, 4.69) is 9.46 Å². The molecule has 1 rings (SSSR count). The van der Waals surface area contributed by atoms with Gasteiger partial charge in [0.2, 0.25) is 10.0 Å². The second kappa shape index (κ2) is 7.19. The second-order valence-corrected chi connectivity index (χ2v) is 6.44. The highest BCUT2D eigenvalue weighted by Gasteiger charge is 2.29. The molecule has 0 saturated carbocycles. The summed E-state index contributed by atoms with van der Waals surface area (Å²) >= 11 is 0. The maximum absolute atomic E-state index is 12.2. The minimum atomic E-state index is -3.86. The van der Waals surface area contributed by atoms with Crippen molar-refractivity contribution in [2.45, 2.75) is 24.8 Å². The highest BCUT2D eigenvalue weighted by molar-refractivity contribution is 7.89. The van der Waals surface area contributed by atoms with E-state index < -0.39 is 34.5 Å². The van der Waals surface area contributed by atoms with E-state index >= 15 is 0 Å². The van der Waals surface area contributed by atoms with E-state index in [0.29, 0.717) is 0 Å². The summed E-state index contributed by atoms with van der Waals surface area (Å²) < 4.78 is 31.3. The molecule has 0 aliphatic rings. The van der Waals surface area contributed by atoms with Crippen LogP contribution in [0.1, 0.15) is 13.8 Å². The molecule has 116 valence electrons. The smallest absolute Gasteiger partial charge is 0.324 e. The number of nitrogens with two attached hydrogens (primary N) is 1. The zero-order valence-corrected chi connectivity index (χ0v) is 12.6. The number of hydrogen-bond acceptors (Lipinski definition) is 5. The summed E-state index contributed by atoms with van der Waals surface area (Å²) in [6, 6.07) is 6.55. The summed E-state index contributed by atoms with van der Waals surface area (Å²) in [7, 11) is -3.86. The molecule has 0 aliphatic carbocycles. The number of rotatable bonds is 7. The maximum Gasteiger partial charge on any atom is 0.324 e. The molecule has 0 spiro atoms. The minimum Gasteiger partial charge on any atom is -0.454 e. The number of carbonyl (C=O) groups is 2. The van der Waals surface area contributed by atoms with Crippen LogP contribution in [0.3, 0.4) is 0 Å². The van der Waals surface area contributed by atoms with Crippen LogP contribution in [0.2, 0.25) is 0 Å². The molecule has 1 amide bonds. The van der Waals surface area contributed by atoms with Gasteiger partial charge in [0.05, 0.1) is 4.90 Å². The number of amides is 1. The van der Waals surface area contributed by atoms with E-state index in [9.17, 15) is 18.0 Å². The molecule has 0 radical (unpaired) electrons. The summed E-state index contributed by atoms with van der Waals surface area (Å²) in [4.78, 5) is 22.5. The van der Waals surface area contributed by atoms with Crippen LogP contribution in [-0.2, 0) is 24.3 Å². The molecule has 0 fully saturated rings. The van der Waals surface area contributed by atoms with Gasteiger partial charge in [0.25, 0.3) is 5.91 Å². The average Bonchev–Trinajstić information content (AvgIpc) is 2.43. The van der Waals surface area contributed by atoms with Crippen LogP contribution in [-0.4, -0.2) is 32.9 Å². The number of benzene rings is 1. The van der Waals surface area contributed by atoms with Crippen molar-refractivity contribution < 1.29 is 22.7 Å². The van der Waals surface area contributed by atoms with Crippen LogP contribution >= 0.6 is 0 Å². The van der Waals surface area contributed by atoms with Crippen LogP contribution in [0, 0.1) is 5.92 Å². The van der Waals surface area contributed by atoms with Crippen molar-refractivity contribution in [1.82, 2.24) is 4.72 Å². The zero-order chi connectivity index (χ0) is 16.0. The van der Waals surface area contributed by atoms with Crippen LogP contribution < -0.4 is 10.5 Å². The number of hydrogen-bond donors (Lipinski definition) is 2. The number of carbonyl (C=O) groups excluding carboxylic acids is 2. The number of nitrogens with one attached hydrogen (secondary N) is 1. The van der Waals surface area contributed by atoms with Gasteiger partial charge in [-0.2, -0.15) is 4.72 Å². The average molecular weight is 314 g/mol. The molecular weight excluding hydrogens is 296 g/mol. The fraction of sp³-hybridized carbons (Fsp3) is 0.385. The molecule has 8 heteroatoms. The van der Waals surface area contributed by atoms with E-state index in [4.69, 9.17) is 5.73 Å². The summed E-state index contributed by atoms with van der Waals surface area (Å²) in [5.41, 5.74) is 4.88. The maximum atomic E-state index is 12.2. The Balaban J connectivity index is 2.88. The zero-order valence-electron chi connectivity index (χ0n) is 11.8. The van der Waals surface area contributed by atoms with Crippen molar-refractivity contribution >= 4 is 21.9 Å². The third kappa shape index (κ3) is 5.16. The third-order valence-electron chi connectivity index (χ3n) is 2.61. The van der Waals surface area contributed by atoms with Crippen LogP contribution in [0.25, 0.3) is 0 Å². The SMILES string of the molecule is CC(C)[C@@H](NS(=O)(=O)c1ccccc1)C(=O)OCC(N)=O. The van der Waals surface area contributed by atoms with Crippen molar-refractivity contribution in [3.8, 4) is 0 Å². The Bertz CT molecular complexity index is 598. The standard InChI is InChI=1S/C13H18N2O5S/c1-9(2)12(13(17)20-8-11(14)16)15-21(18,19)10-6-4-3-5-7-10/h3-7,9,12,15H,8H2,1-2H3,(H2,14,16)/t12-/m1/s1. The molecule has 0 aliphatic heterocycles. The monoisotopic (exact) mass is 314 g/mol. The van der Waals surface area contributed by atoms with Crippen molar-refractivity contribution in [3.63, 3.8) is 0 Å². The van der Waals surface area contributed by atoms with Gasteiger partial charge in [-0.15, -0.1) is 0 Å². The molecular formula is C13H18N2O5S. The molecule has 0 saturated heterocycles. The number of sulfonamides is 1. The fourth-order valence-corrected chi connectivity index (χ4v) is 2.88. The molecule has 0 bridgehead atoms. The van der Waals surface area contributed by atoms with Crippen molar-refractivity contribution in [1.29, 1.82) is 0 Å². The van der Waals surface area contributed by atoms with Gasteiger partial charge < -0.3 is 10.5 Å². The van der Waals surface area contributed by atoms with E-state index in [1.807, 2.05) is 0 Å². The lowest BCUT2D eigenvalue weighted by atomic mass is 10.1. The van der Waals surface area contributed by atoms with E-state index in [-0.39, 0.29) is 10.8 Å². The highest BCUT2D eigenvalue weighted by atomic mass is 32.2. The molecule has 1 aromatic rings. The Hall–Kier alpha value is -1.93. The highest BCUT2D eigenvalue weighted by Crippen LogP contribution is 2.12. The molecule has 3 N–H and O–H groups in total. The lowest BCUT2D eigenvalue weighted by Crippen LogP contribution is -2.45. The topological polar surface area (TPSA) is 116 Å². The van der Waals surface area contributed by atoms with Crippen LogP contribution in [0.15, 0.2) is 35.2 Å². The predicted octanol–water partition coefficient (Wildman–Crippen LogP) is 0.0180. The molecule has 0 aromatic heterocycles. The van der Waals surface area contributed by atoms with Gasteiger partial charge >= 0.3 is 5.97 Å². The minimum absolute atomic E-state index is 0.0401. The first kappa shape index (κ1) is 17.1. The van der Waals surface area contributed by atoms with Gasteiger partial charge in [-0.1, -0.05) is 32.0 Å². The number of ether oxygens (including phenoxy) is 1. The van der Waals surface area contributed by atoms with Gasteiger partial charge in [0.15, 0.2) is 6.61 Å². The summed E-state index contributed by atoms with van der Waals surface area (Å²) in [6.45, 7) is 2.72. The first-order chi connectivity index (χ1) is 9.74. The Labute approximate surface area is 123 Å². The molecule has 7 nitrogen and oxygen atoms in total. The van der Waals surface area contributed by atoms with E-state index in [1.165, 1.54) is 12.1 Å². The Kier molecular flexibility index (Phi) is 5.86. The third-order valence-corrected chi connectivity index (χ3v) is 4.07. The largest absolute Gasteiger partial charge is 0.454 e. The fourth-order valence-electron chi connectivity index (χ4n) is 1.52. The first-order valence-electron chi connectivity index (χ1n) is 6.26. The van der Waals surface area contributed by atoms with Crippen LogP contribution in [0.5, 0.6) is 0 Å². The number of esters is 1. The summed E-state index contributed by atoms with van der Waals surface area (Å²) in [5, 5.41) is 0. The summed E-state index contributed by atoms with van der Waals surface area (Å²) in [5.74, 6) is -2.01. The number of primary amides is 1. The van der Waals surface area contributed by atoms with Crippen LogP contribution in [0.4, 0.5) is 0 Å². The van der Waals surface area contributed by atoms with Crippen molar-refractivity contribution in [2.75, 3.05) is 6.61 Å². The molecule has 0 unspecified atom stereocenters. The molecule has 1 aromatic carbocycles. The Morgan fingerprint density at radius 1 is 1.24 bits per heavy atom. The van der Waals surface area contributed by atoms with Gasteiger partial charge in [0, 0.05) is 0 Å². The lowest BCUT2D eigenvalue weighted by molar-refractivity contribution is -0.150. The van der Waals surface area contributed by atoms with Crippen molar-refractivity contribution in [3.05, 3.63) is 30.3 Å². The normalized spacial score (nSPS) is 12.9. The van der Waals surface area contributed by atoms with Crippen molar-refractivity contribution in [2.24, 2.45) is 11.7 Å². The first-order valence-corrected chi connectivity index (χ1v) is 7.74. The van der Waals surface area contributed by atoms with Gasteiger partial charge in [-0.25, -0.2) is 8.42 Å². The summed E-state index contributed by atoms with van der Waals surface area (Å²) in [6.07, 6.45) is 0. The van der Waals surface area contributed by atoms with Gasteiger partial charge in [-0.05, 0) is 18.1 Å². The Morgan fingerprint density at radius 3 is 2.29 bits per heavy atom. The lowest BCUT2D eigenvalue weighted by Gasteiger charge is -2.20. The molecule has 0 heterocycles. The van der Waals surface area contributed by atoms with E-state index in [1.54, 1.807) is 32.0 Å². The molecule has 21 heavy (non-hydrogen) atoms. The predicted molar refractivity (Wildman–Crippen MR) is 75.5 cm³/mol. The Morgan fingerprint density at radius 2 is 1.81 bits per heavy atom. The second-order valence-electron chi connectivity index (χ2n) is 4.73. The van der Waals surface area contributed by atoms with E-state index in [0.717, 1.165) is 0 Å². The quantitative estimate of drug-likeness (QED) is 0.688.